The molecule has 1 aliphatic heterocycles. The first kappa shape index (κ1) is 14.4. The van der Waals surface area contributed by atoms with Gasteiger partial charge in [0.15, 0.2) is 0 Å². The minimum Gasteiger partial charge on any atom is -0.508 e. The van der Waals surface area contributed by atoms with Crippen molar-refractivity contribution >= 4 is 5.91 Å². The second-order valence-corrected chi connectivity index (χ2v) is 6.35. The molecule has 1 saturated carbocycles. The molecule has 21 heavy (non-hydrogen) atoms. The zero-order valence-corrected chi connectivity index (χ0v) is 12.5. The first-order valence-corrected chi connectivity index (χ1v) is 7.99. The van der Waals surface area contributed by atoms with Crippen LogP contribution < -0.4 is 5.32 Å². The summed E-state index contributed by atoms with van der Waals surface area (Å²) in [6.07, 6.45) is 6.43. The molecule has 0 unspecified atom stereocenters. The third-order valence-electron chi connectivity index (χ3n) is 4.92. The molecule has 1 aromatic rings. The standard InChI is InChI=1S/C17H24N2O2/c20-15-6-4-14(5-7-15)12-16(21)19-11-10-18-13-17(19)8-2-1-3-9-17/h4-7,18,20H,1-3,8-13H2. The van der Waals surface area contributed by atoms with Crippen LogP contribution in [0, 0.1) is 0 Å². The van der Waals surface area contributed by atoms with Crippen LogP contribution in [-0.4, -0.2) is 41.1 Å². The largest absolute Gasteiger partial charge is 0.508 e. The maximum absolute atomic E-state index is 12.8. The molecule has 114 valence electrons. The number of amides is 1. The summed E-state index contributed by atoms with van der Waals surface area (Å²) in [5.74, 6) is 0.473. The predicted octanol–water partition coefficient (Wildman–Crippen LogP) is 2.07. The van der Waals surface area contributed by atoms with E-state index in [1.807, 2.05) is 12.1 Å². The quantitative estimate of drug-likeness (QED) is 0.876. The van der Waals surface area contributed by atoms with E-state index in [-0.39, 0.29) is 17.2 Å². The zero-order chi connectivity index (χ0) is 14.7. The molecule has 4 heteroatoms. The summed E-state index contributed by atoms with van der Waals surface area (Å²) in [5, 5.41) is 12.8. The Morgan fingerprint density at radius 3 is 2.62 bits per heavy atom. The van der Waals surface area contributed by atoms with Crippen LogP contribution in [0.5, 0.6) is 5.75 Å². The van der Waals surface area contributed by atoms with Crippen LogP contribution in [0.3, 0.4) is 0 Å². The molecule has 1 heterocycles. The van der Waals surface area contributed by atoms with Crippen molar-refractivity contribution in [3.63, 3.8) is 0 Å². The molecule has 0 aromatic heterocycles. The molecule has 3 rings (SSSR count). The minimum absolute atomic E-state index is 0.0461. The molecule has 2 aliphatic rings. The van der Waals surface area contributed by atoms with Crippen molar-refractivity contribution in [3.05, 3.63) is 29.8 Å². The summed E-state index contributed by atoms with van der Waals surface area (Å²) in [4.78, 5) is 14.9. The summed E-state index contributed by atoms with van der Waals surface area (Å²) in [7, 11) is 0. The van der Waals surface area contributed by atoms with Gasteiger partial charge >= 0.3 is 0 Å². The van der Waals surface area contributed by atoms with Crippen LogP contribution >= 0.6 is 0 Å². The van der Waals surface area contributed by atoms with E-state index in [0.717, 1.165) is 38.0 Å². The number of benzene rings is 1. The average Bonchev–Trinajstić information content (AvgIpc) is 2.51. The van der Waals surface area contributed by atoms with Gasteiger partial charge in [-0.05, 0) is 30.5 Å². The van der Waals surface area contributed by atoms with Crippen LogP contribution in [-0.2, 0) is 11.2 Å². The number of hydrogen-bond acceptors (Lipinski definition) is 3. The SMILES string of the molecule is O=C(Cc1ccc(O)cc1)N1CCNCC12CCCCC2. The molecule has 0 atom stereocenters. The monoisotopic (exact) mass is 288 g/mol. The van der Waals surface area contributed by atoms with Gasteiger partial charge in [-0.2, -0.15) is 0 Å². The van der Waals surface area contributed by atoms with Gasteiger partial charge < -0.3 is 15.3 Å². The van der Waals surface area contributed by atoms with Crippen LogP contribution in [0.25, 0.3) is 0 Å². The highest BCUT2D eigenvalue weighted by molar-refractivity contribution is 5.80. The maximum atomic E-state index is 12.8. The van der Waals surface area contributed by atoms with Gasteiger partial charge in [0.25, 0.3) is 0 Å². The highest BCUT2D eigenvalue weighted by Gasteiger charge is 2.41. The van der Waals surface area contributed by atoms with Crippen molar-refractivity contribution in [1.82, 2.24) is 10.2 Å². The van der Waals surface area contributed by atoms with Crippen molar-refractivity contribution in [2.45, 2.75) is 44.1 Å². The molecule has 4 nitrogen and oxygen atoms in total. The van der Waals surface area contributed by atoms with Gasteiger partial charge in [0.05, 0.1) is 12.0 Å². The van der Waals surface area contributed by atoms with Crippen LogP contribution in [0.15, 0.2) is 24.3 Å². The molecule has 1 saturated heterocycles. The number of hydrogen-bond donors (Lipinski definition) is 2. The number of rotatable bonds is 2. The summed E-state index contributed by atoms with van der Waals surface area (Å²) in [5.41, 5.74) is 1.02. The smallest absolute Gasteiger partial charge is 0.227 e. The van der Waals surface area contributed by atoms with Gasteiger partial charge in [-0.15, -0.1) is 0 Å². The number of carbonyl (C=O) groups excluding carboxylic acids is 1. The van der Waals surface area contributed by atoms with Crippen LogP contribution in [0.2, 0.25) is 0 Å². The van der Waals surface area contributed by atoms with Gasteiger partial charge in [-0.1, -0.05) is 31.4 Å². The fourth-order valence-corrected chi connectivity index (χ4v) is 3.77. The summed E-state index contributed by atoms with van der Waals surface area (Å²) < 4.78 is 0. The highest BCUT2D eigenvalue weighted by Crippen LogP contribution is 2.35. The fraction of sp³-hybridized carbons (Fsp3) is 0.588. The molecular formula is C17H24N2O2. The Morgan fingerprint density at radius 1 is 1.19 bits per heavy atom. The maximum Gasteiger partial charge on any atom is 0.227 e. The molecule has 2 fully saturated rings. The van der Waals surface area contributed by atoms with Gasteiger partial charge in [0, 0.05) is 19.6 Å². The lowest BCUT2D eigenvalue weighted by Crippen LogP contribution is -2.63. The van der Waals surface area contributed by atoms with E-state index in [2.05, 4.69) is 10.2 Å². The van der Waals surface area contributed by atoms with E-state index in [9.17, 15) is 9.90 Å². The van der Waals surface area contributed by atoms with Gasteiger partial charge in [-0.3, -0.25) is 4.79 Å². The average molecular weight is 288 g/mol. The number of carbonyl (C=O) groups is 1. The van der Waals surface area contributed by atoms with Crippen molar-refractivity contribution in [2.75, 3.05) is 19.6 Å². The zero-order valence-electron chi connectivity index (χ0n) is 12.5. The normalized spacial score (nSPS) is 21.4. The number of phenols is 1. The molecule has 2 N–H and O–H groups in total. The Hall–Kier alpha value is -1.55. The topological polar surface area (TPSA) is 52.6 Å². The van der Waals surface area contributed by atoms with E-state index < -0.39 is 0 Å². The van der Waals surface area contributed by atoms with Gasteiger partial charge in [0.2, 0.25) is 5.91 Å². The number of piperazine rings is 1. The van der Waals surface area contributed by atoms with Crippen LogP contribution in [0.4, 0.5) is 0 Å². The third-order valence-corrected chi connectivity index (χ3v) is 4.92. The first-order valence-electron chi connectivity index (χ1n) is 7.99. The van der Waals surface area contributed by atoms with Gasteiger partial charge in [-0.25, -0.2) is 0 Å². The highest BCUT2D eigenvalue weighted by atomic mass is 16.3. The molecule has 0 bridgehead atoms. The molecule has 1 spiro atoms. The lowest BCUT2D eigenvalue weighted by molar-refractivity contribution is -0.140. The molecule has 1 amide bonds. The molecule has 0 radical (unpaired) electrons. The summed E-state index contributed by atoms with van der Waals surface area (Å²) in [6, 6.07) is 6.97. The van der Waals surface area contributed by atoms with Crippen molar-refractivity contribution < 1.29 is 9.90 Å². The molecule has 1 aromatic carbocycles. The first-order chi connectivity index (χ1) is 10.2. The third kappa shape index (κ3) is 3.05. The lowest BCUT2D eigenvalue weighted by Gasteiger charge is -2.50. The summed E-state index contributed by atoms with van der Waals surface area (Å²) >= 11 is 0. The Morgan fingerprint density at radius 2 is 1.90 bits per heavy atom. The molecular weight excluding hydrogens is 264 g/mol. The van der Waals surface area contributed by atoms with E-state index in [1.54, 1.807) is 12.1 Å². The number of nitrogens with one attached hydrogen (secondary N) is 1. The van der Waals surface area contributed by atoms with Crippen molar-refractivity contribution in [2.24, 2.45) is 0 Å². The molecule has 1 aliphatic carbocycles. The number of phenolic OH excluding ortho intramolecular Hbond substituents is 1. The fourth-order valence-electron chi connectivity index (χ4n) is 3.77. The van der Waals surface area contributed by atoms with Crippen LogP contribution in [0.1, 0.15) is 37.7 Å². The second-order valence-electron chi connectivity index (χ2n) is 6.35. The number of nitrogens with zero attached hydrogens (tertiary/aromatic N) is 1. The van der Waals surface area contributed by atoms with E-state index in [1.165, 1.54) is 19.3 Å². The Bertz CT molecular complexity index is 484. The van der Waals surface area contributed by atoms with Crippen molar-refractivity contribution in [1.29, 1.82) is 0 Å². The predicted molar refractivity (Wildman–Crippen MR) is 82.2 cm³/mol. The Labute approximate surface area is 126 Å². The van der Waals surface area contributed by atoms with E-state index in [0.29, 0.717) is 6.42 Å². The van der Waals surface area contributed by atoms with E-state index in [4.69, 9.17) is 0 Å². The minimum atomic E-state index is 0.0461. The second kappa shape index (κ2) is 6.06. The van der Waals surface area contributed by atoms with E-state index >= 15 is 0 Å². The Balaban J connectivity index is 1.73. The Kier molecular flexibility index (Phi) is 4.15. The van der Waals surface area contributed by atoms with Crippen molar-refractivity contribution in [3.8, 4) is 5.75 Å². The summed E-state index contributed by atoms with van der Waals surface area (Å²) in [6.45, 7) is 2.65. The van der Waals surface area contributed by atoms with Gasteiger partial charge in [0.1, 0.15) is 5.75 Å². The number of aromatic hydroxyl groups is 1. The lowest BCUT2D eigenvalue weighted by atomic mass is 9.78.